The van der Waals surface area contributed by atoms with Crippen LogP contribution >= 0.6 is 0 Å². The number of carbonyl (C=O) groups excluding carboxylic acids is 1. The zero-order chi connectivity index (χ0) is 63.6. The largest absolute Gasteiger partial charge is 1.00 e. The van der Waals surface area contributed by atoms with Crippen LogP contribution in [0.25, 0.3) is 97.0 Å². The summed E-state index contributed by atoms with van der Waals surface area (Å²) in [6, 6.07) is 37.0. The molecule has 9 nitrogen and oxygen atoms in total. The van der Waals surface area contributed by atoms with Gasteiger partial charge in [0, 0.05) is 92.0 Å². The second-order valence-electron chi connectivity index (χ2n) is 24.8. The highest BCUT2D eigenvalue weighted by Gasteiger charge is 2.27. The molecule has 13 heteroatoms. The van der Waals surface area contributed by atoms with Crippen molar-refractivity contribution in [2.24, 2.45) is 26.6 Å². The zero-order valence-corrected chi connectivity index (χ0v) is 58.5. The Hall–Kier alpha value is -9.48. The molecule has 8 bridgehead atoms. The van der Waals surface area contributed by atoms with Crippen LogP contribution in [0.2, 0.25) is 0 Å². The van der Waals surface area contributed by atoms with Gasteiger partial charge in [-0.25, -0.2) is 23.7 Å². The second-order valence-corrected chi connectivity index (χ2v) is 24.8. The van der Waals surface area contributed by atoms with Gasteiger partial charge in [-0.3, -0.25) is 4.79 Å². The number of nitrogens with zero attached hydrogens (tertiary/aromatic N) is 5. The number of anilines is 1. The van der Waals surface area contributed by atoms with Crippen LogP contribution in [0.5, 0.6) is 0 Å². The molecule has 8 heterocycles. The molecule has 0 unspecified atom stereocenters. The summed E-state index contributed by atoms with van der Waals surface area (Å²) in [6.07, 6.45) is 54.4. The van der Waals surface area contributed by atoms with Crippen LogP contribution in [0.15, 0.2) is 259 Å². The Labute approximate surface area is 585 Å². The van der Waals surface area contributed by atoms with Gasteiger partial charge in [-0.2, -0.15) is 0 Å². The number of allylic oxidation sites excluding steroid dienone is 19. The summed E-state index contributed by atoms with van der Waals surface area (Å²) in [7, 11) is 6.08. The summed E-state index contributed by atoms with van der Waals surface area (Å²) < 4.78 is 6.12. The number of pyridine rings is 3. The van der Waals surface area contributed by atoms with Crippen LogP contribution < -0.4 is 68.6 Å². The average Bonchev–Trinajstić information content (AvgIpc) is 1.63. The number of aromatic amines is 2. The van der Waals surface area contributed by atoms with Gasteiger partial charge >= 0.3 is 0 Å². The van der Waals surface area contributed by atoms with E-state index in [0.29, 0.717) is 11.3 Å². The predicted octanol–water partition coefficient (Wildman–Crippen LogP) is 6.62. The molecule has 3 N–H and O–H groups in total. The Morgan fingerprint density at radius 3 is 1.21 bits per heavy atom. The molecule has 0 atom stereocenters. The summed E-state index contributed by atoms with van der Waals surface area (Å²) in [6.45, 7) is 15.5. The zero-order valence-electron chi connectivity index (χ0n) is 55.5. The first kappa shape index (κ1) is 72.9. The minimum Gasteiger partial charge on any atom is -1.00 e. The number of fused-ring (bicyclic) bond motifs is 8. The molecule has 0 saturated heterocycles. The summed E-state index contributed by atoms with van der Waals surface area (Å²) in [4.78, 5) is 32.4. The minimum absolute atomic E-state index is 0. The van der Waals surface area contributed by atoms with Gasteiger partial charge in [-0.05, 0) is 166 Å². The molecular weight excluding hydrogens is 1250 g/mol. The molecule has 1 amide bonds. The van der Waals surface area contributed by atoms with Gasteiger partial charge in [-0.1, -0.05) is 151 Å². The standard InChI is InChI=1S/C82H79N8O.4ClH/c1-56(16-11-12-17-57(2)19-14-21-59(4)24-34-68-60(5)22-15-49-82(68,6)7)18-13-20-58(3)23-25-61-26-28-66(29-27-61)81(91)83-67-32-30-62(31-33-67)77-69-35-37-71(84-69)78(63-43-50-88(8)51-44-63)73-39-41-75(86-73)80(65-47-54-90(10)55-48-65)76-42-40-74(87-76)79(72-38-36-70(77)85-72)64-45-52-89(9)53-46-64;;;;/h11-14,16-21,23-48,50-55H,15,22,49H2,1-10H3,(H-,83,84,85,86,87,91);4*1H/q+1;;;;/p-2/b12-11+,18-13+,19-14+,25-23+,34-24+,56-16+,57-17+,58-20+,59-21+,77-69?,77-70?,78-71?,78-73?,79-72?,79-74?,80-75?,80-76?;;;;. The molecule has 11 rings (SSSR count). The van der Waals surface area contributed by atoms with Crippen LogP contribution in [0.3, 0.4) is 0 Å². The van der Waals surface area contributed by atoms with Crippen molar-refractivity contribution in [2.75, 3.05) is 5.32 Å². The van der Waals surface area contributed by atoms with E-state index in [1.54, 1.807) is 0 Å². The number of benzene rings is 2. The summed E-state index contributed by atoms with van der Waals surface area (Å²) in [5.41, 5.74) is 25.0. The quantitative estimate of drug-likeness (QED) is 0.0751. The first-order chi connectivity index (χ1) is 44.0. The topological polar surface area (TPSA) is 98.1 Å². The Bertz CT molecular complexity index is 4620. The molecule has 8 aromatic rings. The van der Waals surface area contributed by atoms with E-state index in [1.807, 2.05) is 71.2 Å². The van der Waals surface area contributed by atoms with Crippen LogP contribution in [0, 0.1) is 5.41 Å². The van der Waals surface area contributed by atoms with Crippen molar-refractivity contribution in [1.29, 1.82) is 0 Å². The number of carbonyl (C=O) groups is 1. The van der Waals surface area contributed by atoms with Crippen LogP contribution in [0.1, 0.15) is 106 Å². The van der Waals surface area contributed by atoms with E-state index in [2.05, 4.69) is 283 Å². The first-order valence-corrected chi connectivity index (χ1v) is 31.4. The molecule has 1 aliphatic carbocycles. The molecule has 0 saturated carbocycles. The van der Waals surface area contributed by atoms with Gasteiger partial charge in [0.05, 0.1) is 22.8 Å². The third-order valence-corrected chi connectivity index (χ3v) is 17.0. The number of hydrogen-bond donors (Lipinski definition) is 3. The van der Waals surface area contributed by atoms with Gasteiger partial charge in [0.15, 0.2) is 37.2 Å². The lowest BCUT2D eigenvalue weighted by Gasteiger charge is -2.32. The van der Waals surface area contributed by atoms with E-state index in [-0.39, 0.29) is 61.0 Å². The summed E-state index contributed by atoms with van der Waals surface area (Å²) in [5, 5.41) is 3.14. The Morgan fingerprint density at radius 2 is 0.821 bits per heavy atom. The highest BCUT2D eigenvalue weighted by molar-refractivity contribution is 6.05. The average molecular weight is 1340 g/mol. The number of rotatable bonds is 16. The Balaban J connectivity index is 0.00000319. The third kappa shape index (κ3) is 18.1. The van der Waals surface area contributed by atoms with Crippen molar-refractivity contribution in [3.63, 3.8) is 0 Å². The minimum atomic E-state index is -0.192. The predicted molar refractivity (Wildman–Crippen MR) is 379 cm³/mol. The van der Waals surface area contributed by atoms with Gasteiger partial charge < -0.3 is 64.9 Å². The molecule has 95 heavy (non-hydrogen) atoms. The SMILES string of the molecule is CC1=C(/C=C/C(C)=C/C=C/C(C)=C/C=C/C=C(C)/C=C/C=C(C)/C=C/c2ccc(C(=O)Nc3ccc(-c4c5nc(c(-c6cc[n+](C)cc6)c6ccc([nH]6)c(-c6cc[n+](C)cc6)c6nc(c(-c7cc[n+](C)cc7)c7ccc4[nH]7)C=C6)C=C5)cc3)cc2)C(C)(C)CCC1.[Cl-].[Cl-].[Cl-].[Cl-]. The lowest BCUT2D eigenvalue weighted by molar-refractivity contribution is -0.671. The lowest BCUT2D eigenvalue weighted by Crippen LogP contribution is -3.00. The molecule has 0 radical (unpaired) electrons. The van der Waals surface area contributed by atoms with Crippen molar-refractivity contribution in [3.8, 4) is 44.5 Å². The second kappa shape index (κ2) is 33.1. The number of H-pyrrole nitrogens is 2. The van der Waals surface area contributed by atoms with Crippen LogP contribution in [0.4, 0.5) is 5.69 Å². The number of nitrogens with one attached hydrogen (secondary N) is 3. The maximum atomic E-state index is 13.8. The van der Waals surface area contributed by atoms with E-state index in [1.165, 1.54) is 41.6 Å². The van der Waals surface area contributed by atoms with Gasteiger partial charge in [0.1, 0.15) is 21.1 Å². The number of hydrogen-bond acceptors (Lipinski definition) is 3. The van der Waals surface area contributed by atoms with Gasteiger partial charge in [0.25, 0.3) is 5.91 Å². The lowest BCUT2D eigenvalue weighted by atomic mass is 9.72. The van der Waals surface area contributed by atoms with Gasteiger partial charge in [0.2, 0.25) is 0 Å². The van der Waals surface area contributed by atoms with Gasteiger partial charge in [-0.15, -0.1) is 0 Å². The van der Waals surface area contributed by atoms with E-state index in [9.17, 15) is 4.79 Å². The Kier molecular flexibility index (Phi) is 25.4. The fourth-order valence-electron chi connectivity index (χ4n) is 11.9. The van der Waals surface area contributed by atoms with Crippen LogP contribution in [-0.4, -0.2) is 25.8 Å². The monoisotopic (exact) mass is 1330 g/mol. The van der Waals surface area contributed by atoms with Crippen molar-refractivity contribution in [2.45, 2.75) is 67.7 Å². The normalized spacial score (nSPS) is 14.2. The van der Waals surface area contributed by atoms with E-state index in [0.717, 1.165) is 106 Å². The molecule has 6 aromatic heterocycles. The first-order valence-electron chi connectivity index (χ1n) is 31.4. The highest BCUT2D eigenvalue weighted by atomic mass is 35.5. The Morgan fingerprint density at radius 1 is 0.463 bits per heavy atom. The molecule has 2 aliphatic heterocycles. The van der Waals surface area contributed by atoms with Crippen molar-refractivity contribution >= 4 is 64.0 Å². The molecule has 3 aliphatic rings. The van der Waals surface area contributed by atoms with Crippen LogP contribution in [-0.2, 0) is 21.1 Å². The number of aryl methyl sites for hydroxylation is 3. The van der Waals surface area contributed by atoms with E-state index >= 15 is 0 Å². The van der Waals surface area contributed by atoms with Crippen molar-refractivity contribution in [1.82, 2.24) is 19.9 Å². The molecular formula is C82H81Cl4N8O-. The molecule has 0 spiro atoms. The fourth-order valence-corrected chi connectivity index (χ4v) is 11.9. The maximum absolute atomic E-state index is 13.8. The van der Waals surface area contributed by atoms with Crippen molar-refractivity contribution < 1.29 is 68.1 Å². The number of aromatic nitrogens is 7. The van der Waals surface area contributed by atoms with E-state index in [4.69, 9.17) is 9.97 Å². The number of halogens is 4. The smallest absolute Gasteiger partial charge is 0.255 e. The molecule has 0 fully saturated rings. The number of amides is 1. The third-order valence-electron chi connectivity index (χ3n) is 17.0. The van der Waals surface area contributed by atoms with E-state index < -0.39 is 0 Å². The summed E-state index contributed by atoms with van der Waals surface area (Å²) >= 11 is 0. The van der Waals surface area contributed by atoms with Crippen molar-refractivity contribution in [3.05, 3.63) is 293 Å². The fraction of sp³-hybridized carbons (Fsp3) is 0.171. The summed E-state index contributed by atoms with van der Waals surface area (Å²) in [5.74, 6) is -0.192. The maximum Gasteiger partial charge on any atom is 0.255 e. The molecule has 484 valence electrons. The molecule has 2 aromatic carbocycles. The highest BCUT2D eigenvalue weighted by Crippen LogP contribution is 2.42.